The van der Waals surface area contributed by atoms with Crippen LogP contribution in [0, 0.1) is 16.0 Å². The maximum Gasteiger partial charge on any atom is 0.344 e. The van der Waals surface area contributed by atoms with Crippen molar-refractivity contribution >= 4 is 29.3 Å². The highest BCUT2D eigenvalue weighted by molar-refractivity contribution is 6.08. The first kappa shape index (κ1) is 29.5. The van der Waals surface area contributed by atoms with Crippen LogP contribution in [0.2, 0.25) is 0 Å². The standard InChI is InChI=1S/C29H36N4O6/c1-6-9-21-12-14-22(15-13-21)27(34)31(5)16-8-17-32-26(23-10-7-11-24(18-23)33(37)38)25(20(4)30-29(32)36)28(35)39-19(2)3/h7,10-15,18-19,25-26H,6,8-9,16-17H2,1-5H3. The van der Waals surface area contributed by atoms with E-state index in [0.29, 0.717) is 24.1 Å². The molecular weight excluding hydrogens is 500 g/mol. The van der Waals surface area contributed by atoms with Crippen LogP contribution >= 0.6 is 0 Å². The molecule has 0 aromatic heterocycles. The number of nitro benzene ring substituents is 1. The minimum atomic E-state index is -0.923. The molecule has 208 valence electrons. The number of ether oxygens (including phenoxy) is 1. The molecule has 2 unspecified atom stereocenters. The lowest BCUT2D eigenvalue weighted by Crippen LogP contribution is -2.48. The van der Waals surface area contributed by atoms with Gasteiger partial charge < -0.3 is 14.5 Å². The average Bonchev–Trinajstić information content (AvgIpc) is 2.89. The van der Waals surface area contributed by atoms with Crippen molar-refractivity contribution in [2.75, 3.05) is 20.1 Å². The second-order valence-corrected chi connectivity index (χ2v) is 10.0. The number of aliphatic imine (C=N–C) groups is 1. The molecular formula is C29H36N4O6. The first-order chi connectivity index (χ1) is 18.5. The second kappa shape index (κ2) is 13.1. The normalized spacial score (nSPS) is 17.1. The van der Waals surface area contributed by atoms with Gasteiger partial charge >= 0.3 is 12.0 Å². The van der Waals surface area contributed by atoms with Gasteiger partial charge in [-0.25, -0.2) is 9.79 Å². The van der Waals surface area contributed by atoms with Crippen LogP contribution in [0.1, 0.15) is 68.1 Å². The van der Waals surface area contributed by atoms with Crippen molar-refractivity contribution in [1.82, 2.24) is 9.80 Å². The summed E-state index contributed by atoms with van der Waals surface area (Å²) in [5.74, 6) is -1.61. The summed E-state index contributed by atoms with van der Waals surface area (Å²) in [7, 11) is 1.70. The van der Waals surface area contributed by atoms with Crippen LogP contribution < -0.4 is 0 Å². The Morgan fingerprint density at radius 3 is 2.49 bits per heavy atom. The number of urea groups is 1. The summed E-state index contributed by atoms with van der Waals surface area (Å²) in [5, 5.41) is 11.5. The summed E-state index contributed by atoms with van der Waals surface area (Å²) in [4.78, 5) is 57.2. The summed E-state index contributed by atoms with van der Waals surface area (Å²) < 4.78 is 5.48. The van der Waals surface area contributed by atoms with Gasteiger partial charge in [0.2, 0.25) is 0 Å². The zero-order valence-corrected chi connectivity index (χ0v) is 23.1. The number of non-ortho nitro benzene ring substituents is 1. The van der Waals surface area contributed by atoms with E-state index in [1.807, 2.05) is 24.3 Å². The SMILES string of the molecule is CCCc1ccc(C(=O)N(C)CCCN2C(=O)N=C(C)C(C(=O)OC(C)C)C2c2cccc([N+](=O)[O-])c2)cc1. The molecule has 10 nitrogen and oxygen atoms in total. The molecule has 0 bridgehead atoms. The highest BCUT2D eigenvalue weighted by Crippen LogP contribution is 2.36. The lowest BCUT2D eigenvalue weighted by atomic mass is 9.86. The van der Waals surface area contributed by atoms with E-state index in [1.165, 1.54) is 28.7 Å². The van der Waals surface area contributed by atoms with Crippen LogP contribution in [0.4, 0.5) is 10.5 Å². The Balaban J connectivity index is 1.82. The molecule has 2 aromatic rings. The first-order valence-corrected chi connectivity index (χ1v) is 13.2. The van der Waals surface area contributed by atoms with Crippen molar-refractivity contribution in [2.45, 2.75) is 59.1 Å². The fraction of sp³-hybridized carbons (Fsp3) is 0.448. The Labute approximate surface area is 228 Å². The van der Waals surface area contributed by atoms with Crippen LogP contribution in [0.15, 0.2) is 53.5 Å². The fourth-order valence-electron chi connectivity index (χ4n) is 4.75. The Morgan fingerprint density at radius 1 is 1.18 bits per heavy atom. The molecule has 0 radical (unpaired) electrons. The number of hydrogen-bond acceptors (Lipinski definition) is 6. The number of carbonyl (C=O) groups is 3. The molecule has 0 saturated heterocycles. The van der Waals surface area contributed by atoms with Gasteiger partial charge in [0.1, 0.15) is 5.92 Å². The van der Waals surface area contributed by atoms with Crippen LogP contribution in [0.3, 0.4) is 0 Å². The molecule has 0 N–H and O–H groups in total. The minimum Gasteiger partial charge on any atom is -0.462 e. The molecule has 3 rings (SSSR count). The van der Waals surface area contributed by atoms with Crippen molar-refractivity contribution in [3.05, 3.63) is 75.3 Å². The Kier molecular flexibility index (Phi) is 9.92. The van der Waals surface area contributed by atoms with E-state index in [2.05, 4.69) is 11.9 Å². The third kappa shape index (κ3) is 7.28. The van der Waals surface area contributed by atoms with E-state index >= 15 is 0 Å². The number of amides is 3. The van der Waals surface area contributed by atoms with Gasteiger partial charge in [-0.05, 0) is 56.9 Å². The van der Waals surface area contributed by atoms with Gasteiger partial charge in [-0.1, -0.05) is 37.6 Å². The maximum atomic E-state index is 13.1. The predicted octanol–water partition coefficient (Wildman–Crippen LogP) is 5.22. The third-order valence-electron chi connectivity index (χ3n) is 6.63. The van der Waals surface area contributed by atoms with Gasteiger partial charge in [-0.15, -0.1) is 0 Å². The van der Waals surface area contributed by atoms with Crippen molar-refractivity contribution < 1.29 is 24.0 Å². The molecule has 2 aromatic carbocycles. The van der Waals surface area contributed by atoms with E-state index < -0.39 is 35.0 Å². The lowest BCUT2D eigenvalue weighted by molar-refractivity contribution is -0.385. The summed E-state index contributed by atoms with van der Waals surface area (Å²) >= 11 is 0. The van der Waals surface area contributed by atoms with Crippen molar-refractivity contribution in [3.8, 4) is 0 Å². The zero-order chi connectivity index (χ0) is 28.7. The number of rotatable bonds is 11. The number of nitrogens with zero attached hydrogens (tertiary/aromatic N) is 4. The molecule has 2 atom stereocenters. The van der Waals surface area contributed by atoms with Gasteiger partial charge in [-0.3, -0.25) is 19.7 Å². The molecule has 0 spiro atoms. The molecule has 0 saturated carbocycles. The van der Waals surface area contributed by atoms with Crippen LogP contribution in [0.25, 0.3) is 0 Å². The van der Waals surface area contributed by atoms with Crippen LogP contribution in [-0.2, 0) is 16.0 Å². The van der Waals surface area contributed by atoms with Gasteiger partial charge in [0.25, 0.3) is 11.6 Å². The summed E-state index contributed by atoms with van der Waals surface area (Å²) in [6.45, 7) is 7.67. The van der Waals surface area contributed by atoms with Gasteiger partial charge in [-0.2, -0.15) is 0 Å². The number of nitro groups is 1. The molecule has 3 amide bonds. The zero-order valence-electron chi connectivity index (χ0n) is 23.1. The summed E-state index contributed by atoms with van der Waals surface area (Å²) in [5.41, 5.74) is 2.34. The number of hydrogen-bond donors (Lipinski definition) is 0. The average molecular weight is 537 g/mol. The topological polar surface area (TPSA) is 122 Å². The number of esters is 1. The lowest BCUT2D eigenvalue weighted by Gasteiger charge is -2.39. The molecule has 39 heavy (non-hydrogen) atoms. The Bertz CT molecular complexity index is 1240. The minimum absolute atomic E-state index is 0.134. The molecule has 0 aliphatic carbocycles. The van der Waals surface area contributed by atoms with E-state index in [4.69, 9.17) is 4.74 Å². The molecule has 10 heteroatoms. The van der Waals surface area contributed by atoms with Gasteiger partial charge in [0, 0.05) is 43.5 Å². The van der Waals surface area contributed by atoms with E-state index in [-0.39, 0.29) is 23.9 Å². The highest BCUT2D eigenvalue weighted by atomic mass is 16.6. The number of aryl methyl sites for hydroxylation is 1. The predicted molar refractivity (Wildman–Crippen MR) is 148 cm³/mol. The van der Waals surface area contributed by atoms with Crippen LogP contribution in [0.5, 0.6) is 0 Å². The van der Waals surface area contributed by atoms with E-state index in [0.717, 1.165) is 12.8 Å². The van der Waals surface area contributed by atoms with E-state index in [1.54, 1.807) is 38.8 Å². The smallest absolute Gasteiger partial charge is 0.344 e. The molecule has 1 heterocycles. The molecule has 0 fully saturated rings. The molecule has 1 aliphatic heterocycles. The quantitative estimate of drug-likeness (QED) is 0.221. The monoisotopic (exact) mass is 536 g/mol. The second-order valence-electron chi connectivity index (χ2n) is 10.0. The van der Waals surface area contributed by atoms with Crippen molar-refractivity contribution in [2.24, 2.45) is 10.9 Å². The maximum absolute atomic E-state index is 13.1. The van der Waals surface area contributed by atoms with Crippen molar-refractivity contribution in [1.29, 1.82) is 0 Å². The first-order valence-electron chi connectivity index (χ1n) is 13.2. The van der Waals surface area contributed by atoms with Crippen molar-refractivity contribution in [3.63, 3.8) is 0 Å². The summed E-state index contributed by atoms with van der Waals surface area (Å²) in [6.07, 6.45) is 2.00. The van der Waals surface area contributed by atoms with E-state index in [9.17, 15) is 24.5 Å². The third-order valence-corrected chi connectivity index (χ3v) is 6.63. The Hall–Kier alpha value is -4.08. The largest absolute Gasteiger partial charge is 0.462 e. The van der Waals surface area contributed by atoms with Crippen LogP contribution in [-0.4, -0.2) is 64.6 Å². The van der Waals surface area contributed by atoms with Gasteiger partial charge in [0.05, 0.1) is 17.1 Å². The summed E-state index contributed by atoms with van der Waals surface area (Å²) in [6, 6.07) is 12.1. The van der Waals surface area contributed by atoms with Gasteiger partial charge in [0.15, 0.2) is 0 Å². The Morgan fingerprint density at radius 2 is 1.87 bits per heavy atom. The number of benzene rings is 2. The highest BCUT2D eigenvalue weighted by Gasteiger charge is 2.43. The number of carbonyl (C=O) groups excluding carboxylic acids is 3. The molecule has 1 aliphatic rings. The fourth-order valence-corrected chi connectivity index (χ4v) is 4.75.